The first kappa shape index (κ1) is 12.8. The van der Waals surface area contributed by atoms with Crippen LogP contribution >= 0.6 is 0 Å². The molecule has 0 spiro atoms. The van der Waals surface area contributed by atoms with Gasteiger partial charge >= 0.3 is 6.09 Å². The molecule has 0 bridgehead atoms. The van der Waals surface area contributed by atoms with Crippen molar-refractivity contribution in [2.75, 3.05) is 20.1 Å². The Morgan fingerprint density at radius 3 is 2.19 bits per heavy atom. The molecule has 1 rings (SSSR count). The van der Waals surface area contributed by atoms with Crippen molar-refractivity contribution in [3.05, 3.63) is 0 Å². The number of rotatable bonds is 1. The van der Waals surface area contributed by atoms with E-state index < -0.39 is 5.60 Å². The third kappa shape index (κ3) is 3.12. The summed E-state index contributed by atoms with van der Waals surface area (Å²) >= 11 is 0. The van der Waals surface area contributed by atoms with Gasteiger partial charge < -0.3 is 14.5 Å². The minimum Gasteiger partial charge on any atom is -0.444 e. The summed E-state index contributed by atoms with van der Waals surface area (Å²) in [5.41, 5.74) is -0.464. The van der Waals surface area contributed by atoms with Gasteiger partial charge in [-0.05, 0) is 20.8 Å². The molecule has 0 N–H and O–H groups in total. The summed E-state index contributed by atoms with van der Waals surface area (Å²) in [6, 6.07) is 0.130. The Balaban J connectivity index is 2.36. The van der Waals surface area contributed by atoms with E-state index in [1.807, 2.05) is 20.8 Å². The van der Waals surface area contributed by atoms with E-state index >= 15 is 0 Å². The van der Waals surface area contributed by atoms with E-state index in [4.69, 9.17) is 4.74 Å². The second-order valence-electron chi connectivity index (χ2n) is 5.17. The molecule has 92 valence electrons. The molecule has 0 atom stereocenters. The maximum Gasteiger partial charge on any atom is 0.410 e. The highest BCUT2D eigenvalue weighted by molar-refractivity contribution is 5.74. The highest BCUT2D eigenvalue weighted by atomic mass is 16.6. The average molecular weight is 228 g/mol. The number of hydrogen-bond acceptors (Lipinski definition) is 3. The summed E-state index contributed by atoms with van der Waals surface area (Å²) in [5.74, 6) is 0.0221. The van der Waals surface area contributed by atoms with E-state index in [0.717, 1.165) is 0 Å². The van der Waals surface area contributed by atoms with Crippen LogP contribution in [-0.4, -0.2) is 53.6 Å². The van der Waals surface area contributed by atoms with Gasteiger partial charge in [-0.2, -0.15) is 0 Å². The minimum absolute atomic E-state index is 0.0221. The predicted octanol–water partition coefficient (Wildman–Crippen LogP) is 1.08. The molecule has 1 fully saturated rings. The molecule has 0 radical (unpaired) electrons. The molecule has 0 aromatic heterocycles. The second-order valence-corrected chi connectivity index (χ2v) is 5.17. The molecule has 2 amide bonds. The van der Waals surface area contributed by atoms with Crippen LogP contribution in [0.3, 0.4) is 0 Å². The smallest absolute Gasteiger partial charge is 0.410 e. The number of likely N-dealkylation sites (tertiary alicyclic amines) is 1. The van der Waals surface area contributed by atoms with Gasteiger partial charge in [-0.25, -0.2) is 4.79 Å². The standard InChI is InChI=1S/C11H20N2O3/c1-8(14)12(5)9-6-13(7-9)10(15)16-11(2,3)4/h9H,6-7H2,1-5H3. The number of nitrogens with zero attached hydrogens (tertiary/aromatic N) is 2. The number of likely N-dealkylation sites (N-methyl/N-ethyl adjacent to an activating group) is 1. The first-order valence-corrected chi connectivity index (χ1v) is 5.42. The van der Waals surface area contributed by atoms with Gasteiger partial charge in [0, 0.05) is 27.1 Å². The lowest BCUT2D eigenvalue weighted by molar-refractivity contribution is -0.132. The topological polar surface area (TPSA) is 49.9 Å². The van der Waals surface area contributed by atoms with Gasteiger partial charge in [0.15, 0.2) is 0 Å². The molecule has 1 aliphatic rings. The van der Waals surface area contributed by atoms with Crippen LogP contribution in [0, 0.1) is 0 Å². The van der Waals surface area contributed by atoms with Gasteiger partial charge in [0.25, 0.3) is 0 Å². The summed E-state index contributed by atoms with van der Waals surface area (Å²) < 4.78 is 5.21. The van der Waals surface area contributed by atoms with Crippen LogP contribution in [0.1, 0.15) is 27.7 Å². The van der Waals surface area contributed by atoms with Crippen LogP contribution in [-0.2, 0) is 9.53 Å². The Bertz CT molecular complexity index is 290. The van der Waals surface area contributed by atoms with E-state index in [0.29, 0.717) is 13.1 Å². The van der Waals surface area contributed by atoms with E-state index in [-0.39, 0.29) is 18.0 Å². The van der Waals surface area contributed by atoms with Gasteiger partial charge in [0.1, 0.15) is 5.60 Å². The van der Waals surface area contributed by atoms with Gasteiger partial charge in [-0.1, -0.05) is 0 Å². The van der Waals surface area contributed by atoms with Crippen molar-refractivity contribution < 1.29 is 14.3 Å². The van der Waals surface area contributed by atoms with Crippen LogP contribution in [0.15, 0.2) is 0 Å². The Morgan fingerprint density at radius 2 is 1.81 bits per heavy atom. The van der Waals surface area contributed by atoms with Crippen molar-refractivity contribution in [3.63, 3.8) is 0 Å². The van der Waals surface area contributed by atoms with E-state index in [2.05, 4.69) is 0 Å². The quantitative estimate of drug-likeness (QED) is 0.675. The Kier molecular flexibility index (Phi) is 3.45. The summed E-state index contributed by atoms with van der Waals surface area (Å²) in [7, 11) is 1.75. The fourth-order valence-corrected chi connectivity index (χ4v) is 1.43. The first-order valence-electron chi connectivity index (χ1n) is 5.42. The number of carbonyl (C=O) groups is 2. The fraction of sp³-hybridized carbons (Fsp3) is 0.818. The van der Waals surface area contributed by atoms with Crippen LogP contribution in [0.25, 0.3) is 0 Å². The minimum atomic E-state index is -0.464. The predicted molar refractivity (Wildman–Crippen MR) is 60.0 cm³/mol. The fourth-order valence-electron chi connectivity index (χ4n) is 1.43. The molecular weight excluding hydrogens is 208 g/mol. The molecule has 0 aromatic rings. The van der Waals surface area contributed by atoms with Crippen molar-refractivity contribution in [2.24, 2.45) is 0 Å². The molecular formula is C11H20N2O3. The number of amides is 2. The molecule has 0 aliphatic carbocycles. The van der Waals surface area contributed by atoms with Gasteiger partial charge in [0.2, 0.25) is 5.91 Å². The highest BCUT2D eigenvalue weighted by Gasteiger charge is 2.36. The van der Waals surface area contributed by atoms with Crippen molar-refractivity contribution in [2.45, 2.75) is 39.3 Å². The first-order chi connectivity index (χ1) is 7.20. The summed E-state index contributed by atoms with van der Waals surface area (Å²) in [4.78, 5) is 25.9. The van der Waals surface area contributed by atoms with E-state index in [1.165, 1.54) is 6.92 Å². The Labute approximate surface area is 96.3 Å². The van der Waals surface area contributed by atoms with E-state index in [1.54, 1.807) is 16.8 Å². The molecule has 16 heavy (non-hydrogen) atoms. The molecule has 1 heterocycles. The molecule has 1 saturated heterocycles. The molecule has 5 nitrogen and oxygen atoms in total. The SMILES string of the molecule is CC(=O)N(C)C1CN(C(=O)OC(C)(C)C)C1. The number of ether oxygens (including phenoxy) is 1. The normalized spacial score (nSPS) is 16.7. The van der Waals surface area contributed by atoms with E-state index in [9.17, 15) is 9.59 Å². The van der Waals surface area contributed by atoms with Gasteiger partial charge in [0.05, 0.1) is 6.04 Å². The lowest BCUT2D eigenvalue weighted by Crippen LogP contribution is -2.61. The van der Waals surface area contributed by atoms with Gasteiger partial charge in [-0.15, -0.1) is 0 Å². The average Bonchev–Trinajstić information content (AvgIpc) is 1.96. The summed E-state index contributed by atoms with van der Waals surface area (Å²) in [6.07, 6.45) is -0.305. The maximum atomic E-state index is 11.6. The third-order valence-electron chi connectivity index (χ3n) is 2.56. The lowest BCUT2D eigenvalue weighted by atomic mass is 10.1. The summed E-state index contributed by atoms with van der Waals surface area (Å²) in [5, 5.41) is 0. The largest absolute Gasteiger partial charge is 0.444 e. The van der Waals surface area contributed by atoms with Crippen LogP contribution in [0.4, 0.5) is 4.79 Å². The molecule has 0 aromatic carbocycles. The second kappa shape index (κ2) is 4.31. The zero-order valence-corrected chi connectivity index (χ0v) is 10.6. The van der Waals surface area contributed by atoms with Crippen LogP contribution in [0.5, 0.6) is 0 Å². The lowest BCUT2D eigenvalue weighted by Gasteiger charge is -2.43. The third-order valence-corrected chi connectivity index (χ3v) is 2.56. The van der Waals surface area contributed by atoms with Gasteiger partial charge in [-0.3, -0.25) is 4.79 Å². The van der Waals surface area contributed by atoms with Crippen molar-refractivity contribution in [1.29, 1.82) is 0 Å². The molecule has 1 aliphatic heterocycles. The zero-order valence-electron chi connectivity index (χ0n) is 10.6. The highest BCUT2D eigenvalue weighted by Crippen LogP contribution is 2.18. The monoisotopic (exact) mass is 228 g/mol. The Hall–Kier alpha value is -1.26. The summed E-state index contributed by atoms with van der Waals surface area (Å²) in [6.45, 7) is 8.16. The molecule has 0 saturated carbocycles. The van der Waals surface area contributed by atoms with Crippen molar-refractivity contribution >= 4 is 12.0 Å². The Morgan fingerprint density at radius 1 is 1.31 bits per heavy atom. The molecule has 0 unspecified atom stereocenters. The number of hydrogen-bond donors (Lipinski definition) is 0. The molecule has 5 heteroatoms. The maximum absolute atomic E-state index is 11.6. The van der Waals surface area contributed by atoms with Crippen LogP contribution < -0.4 is 0 Å². The van der Waals surface area contributed by atoms with Crippen molar-refractivity contribution in [1.82, 2.24) is 9.80 Å². The zero-order chi connectivity index (χ0) is 12.5. The van der Waals surface area contributed by atoms with Crippen LogP contribution in [0.2, 0.25) is 0 Å². The van der Waals surface area contributed by atoms with Crippen molar-refractivity contribution in [3.8, 4) is 0 Å². The number of carbonyl (C=O) groups excluding carboxylic acids is 2.